The van der Waals surface area contributed by atoms with Crippen molar-refractivity contribution in [2.45, 2.75) is 64.9 Å². The summed E-state index contributed by atoms with van der Waals surface area (Å²) in [5.41, 5.74) is 0.809. The summed E-state index contributed by atoms with van der Waals surface area (Å²) in [6.45, 7) is 4.35. The number of ketones is 2. The summed E-state index contributed by atoms with van der Waals surface area (Å²) in [5.74, 6) is 1.99. The van der Waals surface area contributed by atoms with Crippen LogP contribution in [0.1, 0.15) is 58.8 Å². The van der Waals surface area contributed by atoms with Crippen LogP contribution in [-0.4, -0.2) is 22.8 Å². The van der Waals surface area contributed by atoms with Crippen LogP contribution in [0.5, 0.6) is 0 Å². The fourth-order valence-electron chi connectivity index (χ4n) is 6.38. The quantitative estimate of drug-likeness (QED) is 0.748. The number of Topliss-reactive ketones (excluding diaryl/α,β-unsaturated/α-hetero) is 1. The highest BCUT2D eigenvalue weighted by atomic mass is 16.3. The minimum absolute atomic E-state index is 0.0788. The number of carbonyl (C=O) groups is 2. The van der Waals surface area contributed by atoms with Crippen molar-refractivity contribution in [3.8, 4) is 0 Å². The van der Waals surface area contributed by atoms with E-state index in [0.717, 1.165) is 38.5 Å². The monoisotopic (exact) mass is 302 g/mol. The molecule has 0 saturated heterocycles. The van der Waals surface area contributed by atoms with Gasteiger partial charge in [-0.15, -0.1) is 0 Å². The van der Waals surface area contributed by atoms with E-state index in [1.54, 1.807) is 0 Å². The Hall–Kier alpha value is -0.960. The van der Waals surface area contributed by atoms with Crippen LogP contribution in [0.15, 0.2) is 11.6 Å². The van der Waals surface area contributed by atoms with E-state index in [-0.39, 0.29) is 23.0 Å². The Bertz CT molecular complexity index is 577. The molecule has 22 heavy (non-hydrogen) atoms. The molecule has 3 heteroatoms. The zero-order valence-electron chi connectivity index (χ0n) is 13.6. The van der Waals surface area contributed by atoms with Gasteiger partial charge in [-0.1, -0.05) is 19.4 Å². The molecule has 3 fully saturated rings. The van der Waals surface area contributed by atoms with E-state index in [4.69, 9.17) is 0 Å². The van der Waals surface area contributed by atoms with Crippen molar-refractivity contribution >= 4 is 11.6 Å². The average molecular weight is 302 g/mol. The third kappa shape index (κ3) is 1.66. The fraction of sp³-hybridized carbons (Fsp3) is 0.789. The average Bonchev–Trinajstić information content (AvgIpc) is 2.77. The van der Waals surface area contributed by atoms with Gasteiger partial charge in [0.25, 0.3) is 0 Å². The van der Waals surface area contributed by atoms with Crippen LogP contribution in [0.25, 0.3) is 0 Å². The van der Waals surface area contributed by atoms with Gasteiger partial charge < -0.3 is 5.11 Å². The van der Waals surface area contributed by atoms with Crippen LogP contribution >= 0.6 is 0 Å². The van der Waals surface area contributed by atoms with Crippen LogP contribution in [-0.2, 0) is 9.59 Å². The van der Waals surface area contributed by atoms with Crippen molar-refractivity contribution in [1.82, 2.24) is 0 Å². The van der Waals surface area contributed by atoms with Crippen LogP contribution in [0.3, 0.4) is 0 Å². The molecule has 0 amide bonds. The Morgan fingerprint density at radius 1 is 1.09 bits per heavy atom. The van der Waals surface area contributed by atoms with Gasteiger partial charge in [-0.3, -0.25) is 9.59 Å². The Labute approximate surface area is 132 Å². The van der Waals surface area contributed by atoms with E-state index in [1.807, 2.05) is 6.08 Å². The smallest absolute Gasteiger partial charge is 0.158 e. The van der Waals surface area contributed by atoms with Crippen LogP contribution in [0.4, 0.5) is 0 Å². The van der Waals surface area contributed by atoms with Crippen molar-refractivity contribution in [2.75, 3.05) is 0 Å². The van der Waals surface area contributed by atoms with Crippen molar-refractivity contribution in [3.63, 3.8) is 0 Å². The molecule has 0 unspecified atom stereocenters. The minimum Gasteiger partial charge on any atom is -0.392 e. The van der Waals surface area contributed by atoms with Gasteiger partial charge in [0, 0.05) is 23.7 Å². The molecule has 0 aliphatic heterocycles. The number of aliphatic hydroxyl groups excluding tert-OH is 1. The van der Waals surface area contributed by atoms with Gasteiger partial charge in [-0.25, -0.2) is 0 Å². The summed E-state index contributed by atoms with van der Waals surface area (Å²) < 4.78 is 0. The molecule has 3 nitrogen and oxygen atoms in total. The SMILES string of the molecule is C[C@@]12C(=CC(=O)C[C@@H]1O)CC[C@@H]1[C@@H]2CC[C@]2(C)C(=O)CC[C@@H]12. The number of hydrogen-bond donors (Lipinski definition) is 1. The van der Waals surface area contributed by atoms with Gasteiger partial charge in [0.05, 0.1) is 6.10 Å². The first-order valence-electron chi connectivity index (χ1n) is 8.82. The molecule has 0 heterocycles. The standard InChI is InChI=1S/C19H26O3/c1-18-8-7-15-13(14(18)5-6-16(18)21)4-3-11-9-12(20)10-17(22)19(11,15)2/h9,13-15,17,22H,3-8,10H2,1-2H3/t13-,14-,15-,17-,18-,19-/m0/s1. The minimum atomic E-state index is -0.547. The maximum atomic E-state index is 12.4. The first-order chi connectivity index (χ1) is 10.4. The first kappa shape index (κ1) is 14.6. The molecule has 6 atom stereocenters. The molecule has 4 rings (SSSR count). The maximum absolute atomic E-state index is 12.4. The lowest BCUT2D eigenvalue weighted by atomic mass is 9.47. The summed E-state index contributed by atoms with van der Waals surface area (Å²) >= 11 is 0. The second-order valence-electron chi connectivity index (χ2n) is 8.47. The molecule has 120 valence electrons. The fourth-order valence-corrected chi connectivity index (χ4v) is 6.38. The molecule has 0 spiro atoms. The van der Waals surface area contributed by atoms with Gasteiger partial charge in [-0.05, 0) is 55.9 Å². The van der Waals surface area contributed by atoms with Crippen LogP contribution in [0.2, 0.25) is 0 Å². The number of hydrogen-bond acceptors (Lipinski definition) is 3. The van der Waals surface area contributed by atoms with Crippen molar-refractivity contribution < 1.29 is 14.7 Å². The first-order valence-corrected chi connectivity index (χ1v) is 8.82. The van der Waals surface area contributed by atoms with E-state index in [2.05, 4.69) is 13.8 Å². The highest BCUT2D eigenvalue weighted by molar-refractivity contribution is 5.92. The lowest BCUT2D eigenvalue weighted by Crippen LogP contribution is -2.55. The maximum Gasteiger partial charge on any atom is 0.158 e. The largest absolute Gasteiger partial charge is 0.392 e. The highest BCUT2D eigenvalue weighted by Crippen LogP contribution is 2.64. The molecule has 0 radical (unpaired) electrons. The number of aliphatic hydroxyl groups is 1. The second kappa shape index (κ2) is 4.53. The summed E-state index contributed by atoms with van der Waals surface area (Å²) in [6, 6.07) is 0. The molecule has 0 aromatic carbocycles. The number of fused-ring (bicyclic) bond motifs is 5. The van der Waals surface area contributed by atoms with Crippen molar-refractivity contribution in [2.24, 2.45) is 28.6 Å². The Morgan fingerprint density at radius 2 is 1.86 bits per heavy atom. The Kier molecular flexibility index (Phi) is 3.01. The van der Waals surface area contributed by atoms with Crippen LogP contribution in [0, 0.1) is 28.6 Å². The Balaban J connectivity index is 1.73. The predicted octanol–water partition coefficient (Wildman–Crippen LogP) is 3.06. The van der Waals surface area contributed by atoms with E-state index in [0.29, 0.717) is 23.5 Å². The second-order valence-corrected chi connectivity index (χ2v) is 8.47. The summed E-state index contributed by atoms with van der Waals surface area (Å²) in [7, 11) is 0. The van der Waals surface area contributed by atoms with E-state index < -0.39 is 6.10 Å². The lowest BCUT2D eigenvalue weighted by Gasteiger charge is -2.58. The normalized spacial score (nSPS) is 51.0. The number of rotatable bonds is 0. The van der Waals surface area contributed by atoms with Crippen molar-refractivity contribution in [3.05, 3.63) is 11.6 Å². The predicted molar refractivity (Wildman–Crippen MR) is 83.1 cm³/mol. The molecule has 1 N–H and O–H groups in total. The van der Waals surface area contributed by atoms with E-state index >= 15 is 0 Å². The zero-order valence-corrected chi connectivity index (χ0v) is 13.6. The van der Waals surface area contributed by atoms with Gasteiger partial charge >= 0.3 is 0 Å². The van der Waals surface area contributed by atoms with Gasteiger partial charge in [0.2, 0.25) is 0 Å². The molecular formula is C19H26O3. The zero-order chi connectivity index (χ0) is 15.7. The molecule has 3 saturated carbocycles. The van der Waals surface area contributed by atoms with Gasteiger partial charge in [0.15, 0.2) is 5.78 Å². The molecule has 0 bridgehead atoms. The molecule has 4 aliphatic rings. The topological polar surface area (TPSA) is 54.4 Å². The highest BCUT2D eigenvalue weighted by Gasteiger charge is 2.60. The molecule has 0 aromatic heterocycles. The summed E-state index contributed by atoms with van der Waals surface area (Å²) in [4.78, 5) is 24.2. The Morgan fingerprint density at radius 3 is 2.64 bits per heavy atom. The summed E-state index contributed by atoms with van der Waals surface area (Å²) in [5, 5.41) is 10.7. The van der Waals surface area contributed by atoms with E-state index in [1.165, 1.54) is 5.57 Å². The third-order valence-electron chi connectivity index (χ3n) is 7.78. The van der Waals surface area contributed by atoms with Gasteiger partial charge in [-0.2, -0.15) is 0 Å². The number of carbonyl (C=O) groups excluding carboxylic acids is 2. The molecule has 4 aliphatic carbocycles. The van der Waals surface area contributed by atoms with Crippen LogP contribution < -0.4 is 0 Å². The molecular weight excluding hydrogens is 276 g/mol. The third-order valence-corrected chi connectivity index (χ3v) is 7.78. The van der Waals surface area contributed by atoms with E-state index in [9.17, 15) is 14.7 Å². The summed E-state index contributed by atoms with van der Waals surface area (Å²) in [6.07, 6.45) is 7.28. The van der Waals surface area contributed by atoms with Gasteiger partial charge in [0.1, 0.15) is 5.78 Å². The molecule has 0 aromatic rings. The lowest BCUT2D eigenvalue weighted by molar-refractivity contribution is -0.136. The van der Waals surface area contributed by atoms with Crippen molar-refractivity contribution in [1.29, 1.82) is 0 Å².